The molecule has 0 saturated heterocycles. The van der Waals surface area contributed by atoms with E-state index in [4.69, 9.17) is 9.47 Å². The Morgan fingerprint density at radius 1 is 0.979 bits per heavy atom. The Kier molecular flexibility index (Phi) is 10.1. The summed E-state index contributed by atoms with van der Waals surface area (Å²) in [5.74, 6) is 1.14. The van der Waals surface area contributed by atoms with Gasteiger partial charge in [-0.2, -0.15) is 4.98 Å². The van der Waals surface area contributed by atoms with Crippen LogP contribution in [0.4, 0.5) is 5.95 Å². The molecule has 3 heterocycles. The van der Waals surface area contributed by atoms with Crippen molar-refractivity contribution in [1.29, 1.82) is 0 Å². The Bertz CT molecular complexity index is 1830. The first-order chi connectivity index (χ1) is 22.3. The molecule has 47 heavy (non-hydrogen) atoms. The summed E-state index contributed by atoms with van der Waals surface area (Å²) in [4.78, 5) is 33.9. The van der Waals surface area contributed by atoms with E-state index in [1.165, 1.54) is 12.1 Å². The van der Waals surface area contributed by atoms with E-state index in [-0.39, 0.29) is 53.4 Å². The second-order valence-corrected chi connectivity index (χ2v) is 14.4. The second kappa shape index (κ2) is 14.0. The molecule has 0 radical (unpaired) electrons. The minimum Gasteiger partial charge on any atom is -0.487 e. The van der Waals surface area contributed by atoms with Crippen molar-refractivity contribution in [1.82, 2.24) is 24.8 Å². The third kappa shape index (κ3) is 8.05. The van der Waals surface area contributed by atoms with Crippen molar-refractivity contribution in [3.8, 4) is 22.9 Å². The highest BCUT2D eigenvalue weighted by molar-refractivity contribution is 7.92. The average molecular weight is 659 g/mol. The molecule has 0 spiro atoms. The first-order valence-corrected chi connectivity index (χ1v) is 17.3. The molecule has 1 aliphatic heterocycles. The molecule has 2 atom stereocenters. The van der Waals surface area contributed by atoms with E-state index in [1.807, 2.05) is 39.0 Å². The maximum absolute atomic E-state index is 14.3. The molecule has 0 fully saturated rings. The van der Waals surface area contributed by atoms with Crippen LogP contribution in [0.2, 0.25) is 0 Å². The van der Waals surface area contributed by atoms with Gasteiger partial charge in [-0.3, -0.25) is 4.79 Å². The zero-order valence-electron chi connectivity index (χ0n) is 27.9. The van der Waals surface area contributed by atoms with E-state index in [0.29, 0.717) is 29.6 Å². The first kappa shape index (κ1) is 33.8. The minimum atomic E-state index is -4.17. The lowest BCUT2D eigenvalue weighted by Gasteiger charge is -2.32. The molecule has 1 N–H and O–H groups in total. The van der Waals surface area contributed by atoms with Gasteiger partial charge in [-0.15, -0.1) is 0 Å². The molecule has 2 aromatic carbocycles. The number of nitrogens with zero attached hydrogens (tertiary/aromatic N) is 5. The normalized spacial score (nSPS) is 16.8. The predicted octanol–water partition coefficient (Wildman–Crippen LogP) is 6.22. The number of anilines is 1. The van der Waals surface area contributed by atoms with Crippen LogP contribution in [0.3, 0.4) is 0 Å². The number of amides is 1. The van der Waals surface area contributed by atoms with Crippen molar-refractivity contribution >= 4 is 21.9 Å². The second-order valence-electron chi connectivity index (χ2n) is 12.7. The Morgan fingerprint density at radius 2 is 1.66 bits per heavy atom. The van der Waals surface area contributed by atoms with E-state index >= 15 is 0 Å². The van der Waals surface area contributed by atoms with Crippen LogP contribution < -0.4 is 14.2 Å². The number of carbonyl (C=O) groups excluding carboxylic acids is 1. The zero-order valence-corrected chi connectivity index (χ0v) is 28.7. The number of hydrogen-bond donors (Lipinski definition) is 1. The van der Waals surface area contributed by atoms with Crippen molar-refractivity contribution in [3.05, 3.63) is 83.4 Å². The maximum Gasteiger partial charge on any atom is 0.264 e. The van der Waals surface area contributed by atoms with E-state index < -0.39 is 16.1 Å². The predicted molar refractivity (Wildman–Crippen MR) is 180 cm³/mol. The molecule has 0 aliphatic carbocycles. The number of sulfonamides is 1. The fraction of sp³-hybridized carbons (Fsp3) is 0.400. The fourth-order valence-corrected chi connectivity index (χ4v) is 6.39. The number of rotatable bonds is 8. The van der Waals surface area contributed by atoms with E-state index in [9.17, 15) is 13.2 Å². The number of aryl methyl sites for hydroxylation is 2. The van der Waals surface area contributed by atoms with Crippen molar-refractivity contribution in [2.45, 2.75) is 78.5 Å². The lowest BCUT2D eigenvalue weighted by Crippen LogP contribution is -2.44. The molecule has 4 aromatic rings. The first-order valence-electron chi connectivity index (χ1n) is 15.8. The number of fused-ring (bicyclic) bond motifs is 4. The SMILES string of the molecule is Cc1cccc(C)c1-c1cc2nc(n1)NS(=O)(=O)c1cccc(c1)C(=O)N(Cc1ncc(O[C@H](C)C(C)C)cn1)[C@H](CC(C)C)CO2. The molecular weight excluding hydrogens is 616 g/mol. The van der Waals surface area contributed by atoms with Crippen molar-refractivity contribution in [3.63, 3.8) is 0 Å². The molecule has 1 amide bonds. The third-order valence-corrected chi connectivity index (χ3v) is 9.51. The number of carbonyl (C=O) groups is 1. The maximum atomic E-state index is 14.3. The molecule has 4 bridgehead atoms. The summed E-state index contributed by atoms with van der Waals surface area (Å²) in [6, 6.07) is 13.1. The van der Waals surface area contributed by atoms with Crippen LogP contribution in [0, 0.1) is 25.7 Å². The van der Waals surface area contributed by atoms with Gasteiger partial charge in [0.15, 0.2) is 5.75 Å². The summed E-state index contributed by atoms with van der Waals surface area (Å²) in [5.41, 5.74) is 3.52. The number of nitrogens with one attached hydrogen (secondary N) is 1. The summed E-state index contributed by atoms with van der Waals surface area (Å²) in [5, 5.41) is 0. The molecule has 0 unspecified atom stereocenters. The molecule has 0 saturated carbocycles. The molecule has 2 aromatic heterocycles. The number of hydrogen-bond acceptors (Lipinski definition) is 9. The van der Waals surface area contributed by atoms with Crippen LogP contribution in [0.1, 0.15) is 68.3 Å². The van der Waals surface area contributed by atoms with Crippen LogP contribution in [-0.4, -0.2) is 57.9 Å². The van der Waals surface area contributed by atoms with Crippen molar-refractivity contribution in [2.24, 2.45) is 11.8 Å². The summed E-state index contributed by atoms with van der Waals surface area (Å²) >= 11 is 0. The summed E-state index contributed by atoms with van der Waals surface area (Å²) in [6.45, 7) is 14.4. The van der Waals surface area contributed by atoms with Crippen LogP contribution in [0.5, 0.6) is 11.6 Å². The monoisotopic (exact) mass is 658 g/mol. The molecule has 248 valence electrons. The number of aromatic nitrogens is 4. The molecule has 12 heteroatoms. The Morgan fingerprint density at radius 3 is 2.32 bits per heavy atom. The topological polar surface area (TPSA) is 136 Å². The smallest absolute Gasteiger partial charge is 0.264 e. The standard InChI is InChI=1S/C35H42N6O5S/c1-21(2)14-27-20-45-32-16-30(33-23(5)10-8-11-24(33)6)38-35(39-32)40-47(43,44)29-13-9-12-26(15-29)34(42)41(27)19-31-36-17-28(18-37-31)46-25(7)22(3)4/h8-13,15-18,21-22,25,27H,14,19-20H2,1-7H3,(H,38,39,40)/t25-,27-/m1/s1. The van der Waals surface area contributed by atoms with Gasteiger partial charge in [0.25, 0.3) is 15.9 Å². The van der Waals surface area contributed by atoms with Gasteiger partial charge in [-0.05, 0) is 68.4 Å². The quantitative estimate of drug-likeness (QED) is 0.234. The lowest BCUT2D eigenvalue weighted by atomic mass is 10.00. The van der Waals surface area contributed by atoms with Gasteiger partial charge < -0.3 is 14.4 Å². The highest BCUT2D eigenvalue weighted by atomic mass is 32.2. The van der Waals surface area contributed by atoms with Gasteiger partial charge in [-0.25, -0.2) is 28.1 Å². The van der Waals surface area contributed by atoms with Gasteiger partial charge in [0, 0.05) is 17.2 Å². The fourth-order valence-electron chi connectivity index (χ4n) is 5.40. The van der Waals surface area contributed by atoms with E-state index in [0.717, 1.165) is 16.7 Å². The Labute approximate surface area is 276 Å². The van der Waals surface area contributed by atoms with Gasteiger partial charge in [-0.1, -0.05) is 52.0 Å². The van der Waals surface area contributed by atoms with Gasteiger partial charge in [0.1, 0.15) is 12.4 Å². The van der Waals surface area contributed by atoms with Gasteiger partial charge in [0.2, 0.25) is 11.8 Å². The highest BCUT2D eigenvalue weighted by Gasteiger charge is 2.30. The molecule has 1 aliphatic rings. The highest BCUT2D eigenvalue weighted by Crippen LogP contribution is 2.30. The Balaban J connectivity index is 1.59. The number of benzene rings is 2. The van der Waals surface area contributed by atoms with Crippen molar-refractivity contribution in [2.75, 3.05) is 11.3 Å². The summed E-state index contributed by atoms with van der Waals surface area (Å²) in [6.07, 6.45) is 3.79. The van der Waals surface area contributed by atoms with Gasteiger partial charge in [0.05, 0.1) is 41.7 Å². The van der Waals surface area contributed by atoms with Crippen LogP contribution in [-0.2, 0) is 16.6 Å². The lowest BCUT2D eigenvalue weighted by molar-refractivity contribution is 0.0545. The molecular formula is C35H42N6O5S. The largest absolute Gasteiger partial charge is 0.487 e. The number of ether oxygens (including phenoxy) is 2. The minimum absolute atomic E-state index is 0.0201. The zero-order chi connectivity index (χ0) is 33.9. The average Bonchev–Trinajstić information content (AvgIpc) is 3.01. The summed E-state index contributed by atoms with van der Waals surface area (Å²) in [7, 11) is -4.17. The molecule has 11 nitrogen and oxygen atoms in total. The molecule has 5 rings (SSSR count). The van der Waals surface area contributed by atoms with Crippen LogP contribution in [0.25, 0.3) is 11.3 Å². The Hall–Kier alpha value is -4.58. The van der Waals surface area contributed by atoms with E-state index in [2.05, 4.69) is 52.4 Å². The van der Waals surface area contributed by atoms with Crippen LogP contribution in [0.15, 0.2) is 65.8 Å². The third-order valence-electron chi connectivity index (χ3n) is 8.18. The van der Waals surface area contributed by atoms with Crippen LogP contribution >= 0.6 is 0 Å². The van der Waals surface area contributed by atoms with Crippen molar-refractivity contribution < 1.29 is 22.7 Å². The summed E-state index contributed by atoms with van der Waals surface area (Å²) < 4.78 is 42.0. The van der Waals surface area contributed by atoms with E-state index in [1.54, 1.807) is 35.5 Å². The van der Waals surface area contributed by atoms with Gasteiger partial charge >= 0.3 is 0 Å².